The second-order valence-corrected chi connectivity index (χ2v) is 4.30. The average molecular weight is 211 g/mol. The maximum atomic E-state index is 5.69. The summed E-state index contributed by atoms with van der Waals surface area (Å²) >= 11 is 5.69. The number of halogens is 1. The number of rotatable bonds is 3. The Morgan fingerprint density at radius 2 is 2.21 bits per heavy atom. The van der Waals surface area contributed by atoms with E-state index in [-0.39, 0.29) is 0 Å². The molecule has 14 heavy (non-hydrogen) atoms. The van der Waals surface area contributed by atoms with Crippen LogP contribution in [-0.2, 0) is 6.42 Å². The summed E-state index contributed by atoms with van der Waals surface area (Å²) in [6.07, 6.45) is 4.70. The molecule has 1 fully saturated rings. The number of hydrogen-bond acceptors (Lipinski definition) is 2. The summed E-state index contributed by atoms with van der Waals surface area (Å²) in [5, 5.41) is 0. The van der Waals surface area contributed by atoms with E-state index in [1.54, 1.807) is 0 Å². The summed E-state index contributed by atoms with van der Waals surface area (Å²) in [4.78, 5) is 8.92. The molecule has 76 valence electrons. The molecule has 1 aliphatic rings. The number of hydrogen-bond donors (Lipinski definition) is 0. The van der Waals surface area contributed by atoms with Gasteiger partial charge in [-0.3, -0.25) is 0 Å². The number of alkyl halides is 1. The van der Waals surface area contributed by atoms with E-state index in [0.717, 1.165) is 17.9 Å². The first-order valence-corrected chi connectivity index (χ1v) is 5.73. The Hall–Kier alpha value is -0.630. The van der Waals surface area contributed by atoms with E-state index in [9.17, 15) is 0 Å². The van der Waals surface area contributed by atoms with Gasteiger partial charge in [-0.2, -0.15) is 0 Å². The fourth-order valence-corrected chi connectivity index (χ4v) is 1.93. The Morgan fingerprint density at radius 3 is 2.79 bits per heavy atom. The standard InChI is InChI=1S/C11H15ClN2/c1-8-7-10(9-3-2-4-9)14-11(13-8)5-6-12/h7,9H,2-6H2,1H3. The van der Waals surface area contributed by atoms with Crippen molar-refractivity contribution in [2.45, 2.75) is 38.5 Å². The molecule has 1 aliphatic carbocycles. The van der Waals surface area contributed by atoms with E-state index in [1.165, 1.54) is 25.0 Å². The minimum atomic E-state index is 0.605. The van der Waals surface area contributed by atoms with Crippen LogP contribution in [0.5, 0.6) is 0 Å². The van der Waals surface area contributed by atoms with Gasteiger partial charge in [0.2, 0.25) is 0 Å². The Balaban J connectivity index is 2.21. The molecule has 1 saturated carbocycles. The lowest BCUT2D eigenvalue weighted by Gasteiger charge is -2.25. The molecule has 0 N–H and O–H groups in total. The molecule has 3 heteroatoms. The zero-order chi connectivity index (χ0) is 9.97. The largest absolute Gasteiger partial charge is 0.238 e. The monoisotopic (exact) mass is 210 g/mol. The second-order valence-electron chi connectivity index (χ2n) is 3.92. The molecule has 0 spiro atoms. The summed E-state index contributed by atoms with van der Waals surface area (Å²) in [6.45, 7) is 2.03. The SMILES string of the molecule is Cc1cc(C2CCC2)nc(CCCl)n1. The Morgan fingerprint density at radius 1 is 1.43 bits per heavy atom. The molecule has 0 amide bonds. The van der Waals surface area contributed by atoms with Crippen LogP contribution in [0.3, 0.4) is 0 Å². The van der Waals surface area contributed by atoms with E-state index < -0.39 is 0 Å². The van der Waals surface area contributed by atoms with Crippen molar-refractivity contribution < 1.29 is 0 Å². The van der Waals surface area contributed by atoms with Crippen LogP contribution in [-0.4, -0.2) is 15.8 Å². The molecule has 1 aromatic rings. The lowest BCUT2D eigenvalue weighted by atomic mass is 9.82. The van der Waals surface area contributed by atoms with E-state index >= 15 is 0 Å². The zero-order valence-corrected chi connectivity index (χ0v) is 9.22. The highest BCUT2D eigenvalue weighted by atomic mass is 35.5. The van der Waals surface area contributed by atoms with Gasteiger partial charge in [0.25, 0.3) is 0 Å². The fraction of sp³-hybridized carbons (Fsp3) is 0.636. The molecule has 0 unspecified atom stereocenters. The van der Waals surface area contributed by atoms with Crippen molar-refractivity contribution in [2.75, 3.05) is 5.88 Å². The Labute approximate surface area is 89.7 Å². The molecular weight excluding hydrogens is 196 g/mol. The molecule has 0 atom stereocenters. The van der Waals surface area contributed by atoms with Gasteiger partial charge >= 0.3 is 0 Å². The third kappa shape index (κ3) is 2.06. The van der Waals surface area contributed by atoms with Gasteiger partial charge in [0.1, 0.15) is 5.82 Å². The molecule has 0 bridgehead atoms. The van der Waals surface area contributed by atoms with Crippen molar-refractivity contribution in [1.82, 2.24) is 9.97 Å². The summed E-state index contributed by atoms with van der Waals surface area (Å²) in [5.41, 5.74) is 2.30. The van der Waals surface area contributed by atoms with Crippen LogP contribution in [0.15, 0.2) is 6.07 Å². The van der Waals surface area contributed by atoms with E-state index in [0.29, 0.717) is 11.8 Å². The van der Waals surface area contributed by atoms with Crippen molar-refractivity contribution in [3.8, 4) is 0 Å². The van der Waals surface area contributed by atoms with Crippen LogP contribution in [0.25, 0.3) is 0 Å². The van der Waals surface area contributed by atoms with Crippen molar-refractivity contribution in [3.05, 3.63) is 23.3 Å². The van der Waals surface area contributed by atoms with Crippen molar-refractivity contribution >= 4 is 11.6 Å². The summed E-state index contributed by atoms with van der Waals surface area (Å²) < 4.78 is 0. The van der Waals surface area contributed by atoms with Crippen LogP contribution < -0.4 is 0 Å². The maximum Gasteiger partial charge on any atom is 0.130 e. The quantitative estimate of drug-likeness (QED) is 0.717. The highest BCUT2D eigenvalue weighted by Crippen LogP contribution is 2.35. The van der Waals surface area contributed by atoms with Gasteiger partial charge in [0.15, 0.2) is 0 Å². The molecule has 0 aromatic carbocycles. The molecule has 1 aromatic heterocycles. The molecule has 1 heterocycles. The molecule has 0 radical (unpaired) electrons. The average Bonchev–Trinajstić information content (AvgIpc) is 1.99. The molecular formula is C11H15ClN2. The van der Waals surface area contributed by atoms with Crippen LogP contribution in [0.4, 0.5) is 0 Å². The Kier molecular flexibility index (Phi) is 3.02. The van der Waals surface area contributed by atoms with Gasteiger partial charge in [-0.1, -0.05) is 6.42 Å². The van der Waals surface area contributed by atoms with Gasteiger partial charge in [-0.25, -0.2) is 9.97 Å². The first-order valence-electron chi connectivity index (χ1n) is 5.20. The topological polar surface area (TPSA) is 25.8 Å². The second kappa shape index (κ2) is 4.26. The van der Waals surface area contributed by atoms with Crippen LogP contribution in [0, 0.1) is 6.92 Å². The van der Waals surface area contributed by atoms with E-state index in [2.05, 4.69) is 16.0 Å². The van der Waals surface area contributed by atoms with Gasteiger partial charge < -0.3 is 0 Å². The van der Waals surface area contributed by atoms with Crippen LogP contribution in [0.1, 0.15) is 42.4 Å². The Bertz CT molecular complexity index is 321. The molecule has 2 rings (SSSR count). The summed E-state index contributed by atoms with van der Waals surface area (Å²) in [7, 11) is 0. The third-order valence-corrected chi connectivity index (χ3v) is 2.95. The predicted octanol–water partition coefficient (Wildman–Crippen LogP) is 2.83. The first kappa shape index (κ1) is 9.91. The van der Waals surface area contributed by atoms with Gasteiger partial charge in [-0.15, -0.1) is 11.6 Å². The minimum absolute atomic E-state index is 0.605. The van der Waals surface area contributed by atoms with Crippen molar-refractivity contribution in [3.63, 3.8) is 0 Å². The van der Waals surface area contributed by atoms with E-state index in [4.69, 9.17) is 11.6 Å². The van der Waals surface area contributed by atoms with Crippen molar-refractivity contribution in [1.29, 1.82) is 0 Å². The van der Waals surface area contributed by atoms with Gasteiger partial charge in [-0.05, 0) is 25.8 Å². The molecule has 2 nitrogen and oxygen atoms in total. The summed E-state index contributed by atoms with van der Waals surface area (Å²) in [5.74, 6) is 2.20. The number of aryl methyl sites for hydroxylation is 2. The first-order chi connectivity index (χ1) is 6.79. The molecule has 0 saturated heterocycles. The maximum absolute atomic E-state index is 5.69. The lowest BCUT2D eigenvalue weighted by molar-refractivity contribution is 0.409. The predicted molar refractivity (Wildman–Crippen MR) is 57.8 cm³/mol. The number of nitrogens with zero attached hydrogens (tertiary/aromatic N) is 2. The van der Waals surface area contributed by atoms with Crippen LogP contribution >= 0.6 is 11.6 Å². The summed E-state index contributed by atoms with van der Waals surface area (Å²) in [6, 6.07) is 2.11. The number of aromatic nitrogens is 2. The van der Waals surface area contributed by atoms with E-state index in [1.807, 2.05) is 6.92 Å². The third-order valence-electron chi connectivity index (χ3n) is 2.76. The van der Waals surface area contributed by atoms with Crippen LogP contribution in [0.2, 0.25) is 0 Å². The van der Waals surface area contributed by atoms with Crippen molar-refractivity contribution in [2.24, 2.45) is 0 Å². The normalized spacial score (nSPS) is 16.7. The lowest BCUT2D eigenvalue weighted by Crippen LogP contribution is -2.13. The van der Waals surface area contributed by atoms with Gasteiger partial charge in [0.05, 0.1) is 0 Å². The fourth-order valence-electron chi connectivity index (χ4n) is 1.77. The highest BCUT2D eigenvalue weighted by Gasteiger charge is 2.21. The highest BCUT2D eigenvalue weighted by molar-refractivity contribution is 6.17. The van der Waals surface area contributed by atoms with Gasteiger partial charge in [0, 0.05) is 29.6 Å². The smallest absolute Gasteiger partial charge is 0.130 e. The molecule has 0 aliphatic heterocycles. The zero-order valence-electron chi connectivity index (χ0n) is 8.46. The minimum Gasteiger partial charge on any atom is -0.238 e.